The fourth-order valence-electron chi connectivity index (χ4n) is 3.76. The van der Waals surface area contributed by atoms with Gasteiger partial charge in [0.2, 0.25) is 10.0 Å². The van der Waals surface area contributed by atoms with Crippen LogP contribution in [0.1, 0.15) is 5.69 Å². The second kappa shape index (κ2) is 7.96. The molecule has 0 bridgehead atoms. The topological polar surface area (TPSA) is 66.7 Å². The number of aromatic nitrogens is 1. The van der Waals surface area contributed by atoms with Crippen LogP contribution < -0.4 is 0 Å². The summed E-state index contributed by atoms with van der Waals surface area (Å²) in [5, 5.41) is 8.15. The SMILES string of the molecule is O=S(=O)(c1ccc2ccccc2c1)N1CCN(Cc2cc(-c3cccs3)on2)CC1. The number of hydrogen-bond donors (Lipinski definition) is 0. The Hall–Kier alpha value is -2.52. The standard InChI is InChI=1S/C22H21N3O3S2/c26-30(27,20-8-7-17-4-1-2-5-18(17)14-20)25-11-9-24(10-12-25)16-19-15-21(28-23-19)22-6-3-13-29-22/h1-8,13-15H,9-12,16H2. The van der Waals surface area contributed by atoms with E-state index in [-0.39, 0.29) is 0 Å². The lowest BCUT2D eigenvalue weighted by Gasteiger charge is -2.33. The fourth-order valence-corrected chi connectivity index (χ4v) is 5.89. The molecule has 30 heavy (non-hydrogen) atoms. The molecule has 0 saturated carbocycles. The van der Waals surface area contributed by atoms with Gasteiger partial charge in [-0.3, -0.25) is 4.90 Å². The summed E-state index contributed by atoms with van der Waals surface area (Å²) in [6.45, 7) is 2.90. The van der Waals surface area contributed by atoms with E-state index in [2.05, 4.69) is 10.1 Å². The van der Waals surface area contributed by atoms with E-state index in [1.54, 1.807) is 27.8 Å². The largest absolute Gasteiger partial charge is 0.355 e. The first kappa shape index (κ1) is 19.4. The third-order valence-corrected chi connectivity index (χ3v) is 8.18. The Balaban J connectivity index is 1.24. The van der Waals surface area contributed by atoms with Crippen molar-refractivity contribution in [3.8, 4) is 10.6 Å². The van der Waals surface area contributed by atoms with E-state index in [9.17, 15) is 8.42 Å². The molecule has 2 aromatic carbocycles. The first-order chi connectivity index (χ1) is 14.6. The van der Waals surface area contributed by atoms with Crippen LogP contribution in [0.2, 0.25) is 0 Å². The van der Waals surface area contributed by atoms with Crippen molar-refractivity contribution in [2.75, 3.05) is 26.2 Å². The molecule has 0 N–H and O–H groups in total. The number of thiophene rings is 1. The number of hydrogen-bond acceptors (Lipinski definition) is 6. The lowest BCUT2D eigenvalue weighted by atomic mass is 10.1. The molecule has 0 spiro atoms. The zero-order valence-electron chi connectivity index (χ0n) is 16.3. The Morgan fingerprint density at radius 3 is 2.50 bits per heavy atom. The summed E-state index contributed by atoms with van der Waals surface area (Å²) >= 11 is 1.62. The maximum atomic E-state index is 13.1. The fraction of sp³-hybridized carbons (Fsp3) is 0.227. The second-order valence-corrected chi connectivity index (χ2v) is 10.2. The van der Waals surface area contributed by atoms with Crippen molar-refractivity contribution in [3.05, 3.63) is 71.7 Å². The lowest BCUT2D eigenvalue weighted by Crippen LogP contribution is -2.48. The number of fused-ring (bicyclic) bond motifs is 1. The first-order valence-electron chi connectivity index (χ1n) is 9.80. The van der Waals surface area contributed by atoms with E-state index in [1.807, 2.05) is 53.9 Å². The maximum absolute atomic E-state index is 13.1. The quantitative estimate of drug-likeness (QED) is 0.469. The highest BCUT2D eigenvalue weighted by atomic mass is 32.2. The first-order valence-corrected chi connectivity index (χ1v) is 12.1. The van der Waals surface area contributed by atoms with Gasteiger partial charge >= 0.3 is 0 Å². The molecule has 2 aromatic heterocycles. The molecule has 6 nitrogen and oxygen atoms in total. The predicted molar refractivity (Wildman–Crippen MR) is 118 cm³/mol. The number of benzene rings is 2. The predicted octanol–water partition coefficient (Wildman–Crippen LogP) is 4.06. The lowest BCUT2D eigenvalue weighted by molar-refractivity contribution is 0.178. The van der Waals surface area contributed by atoms with E-state index in [4.69, 9.17) is 4.52 Å². The van der Waals surface area contributed by atoms with Crippen molar-refractivity contribution < 1.29 is 12.9 Å². The van der Waals surface area contributed by atoms with Crippen molar-refractivity contribution in [1.29, 1.82) is 0 Å². The highest BCUT2D eigenvalue weighted by Crippen LogP contribution is 2.26. The third-order valence-electron chi connectivity index (χ3n) is 5.40. The zero-order chi connectivity index (χ0) is 20.6. The normalized spacial score (nSPS) is 16.3. The van der Waals surface area contributed by atoms with Gasteiger partial charge in [0.25, 0.3) is 0 Å². The molecule has 154 valence electrons. The molecule has 3 heterocycles. The van der Waals surface area contributed by atoms with E-state index in [1.165, 1.54) is 0 Å². The number of piperazine rings is 1. The summed E-state index contributed by atoms with van der Waals surface area (Å²) in [4.78, 5) is 3.62. The van der Waals surface area contributed by atoms with Crippen LogP contribution in [0.4, 0.5) is 0 Å². The molecule has 0 aliphatic carbocycles. The number of sulfonamides is 1. The van der Waals surface area contributed by atoms with Crippen LogP contribution in [0.3, 0.4) is 0 Å². The van der Waals surface area contributed by atoms with Crippen molar-refractivity contribution in [1.82, 2.24) is 14.4 Å². The van der Waals surface area contributed by atoms with Gasteiger partial charge in [-0.2, -0.15) is 4.31 Å². The van der Waals surface area contributed by atoms with E-state index >= 15 is 0 Å². The minimum absolute atomic E-state index is 0.353. The van der Waals surface area contributed by atoms with Crippen LogP contribution >= 0.6 is 11.3 Å². The highest BCUT2D eigenvalue weighted by Gasteiger charge is 2.29. The molecule has 0 radical (unpaired) electrons. The van der Waals surface area contributed by atoms with Crippen LogP contribution in [0.25, 0.3) is 21.4 Å². The van der Waals surface area contributed by atoms with Crippen molar-refractivity contribution >= 4 is 32.1 Å². The van der Waals surface area contributed by atoms with Gasteiger partial charge in [0.15, 0.2) is 5.76 Å². The summed E-state index contributed by atoms with van der Waals surface area (Å²) in [7, 11) is -3.50. The van der Waals surface area contributed by atoms with Gasteiger partial charge in [-0.15, -0.1) is 11.3 Å². The van der Waals surface area contributed by atoms with Crippen LogP contribution in [-0.2, 0) is 16.6 Å². The molecule has 0 atom stereocenters. The van der Waals surface area contributed by atoms with Gasteiger partial charge in [0, 0.05) is 38.8 Å². The van der Waals surface area contributed by atoms with E-state index < -0.39 is 10.0 Å². The van der Waals surface area contributed by atoms with Gasteiger partial charge in [0.05, 0.1) is 15.5 Å². The highest BCUT2D eigenvalue weighted by molar-refractivity contribution is 7.89. The molecule has 4 aromatic rings. The summed E-state index contributed by atoms with van der Waals surface area (Å²) in [6.07, 6.45) is 0. The average molecular weight is 440 g/mol. The summed E-state index contributed by atoms with van der Waals surface area (Å²) in [5.41, 5.74) is 0.865. The Bertz CT molecular complexity index is 1260. The van der Waals surface area contributed by atoms with Crippen LogP contribution in [0.5, 0.6) is 0 Å². The van der Waals surface area contributed by atoms with Crippen molar-refractivity contribution in [2.45, 2.75) is 11.4 Å². The molecule has 1 fully saturated rings. The molecule has 8 heteroatoms. The summed E-state index contributed by atoms with van der Waals surface area (Å²) in [6, 6.07) is 19.1. The Morgan fingerprint density at radius 2 is 1.73 bits per heavy atom. The average Bonchev–Trinajstić information content (AvgIpc) is 3.46. The smallest absolute Gasteiger partial charge is 0.243 e. The molecule has 0 amide bonds. The number of nitrogens with zero attached hydrogens (tertiary/aromatic N) is 3. The molecule has 0 unspecified atom stereocenters. The van der Waals surface area contributed by atoms with Crippen molar-refractivity contribution in [2.24, 2.45) is 0 Å². The monoisotopic (exact) mass is 439 g/mol. The molecule has 1 aliphatic heterocycles. The van der Waals surface area contributed by atoms with Crippen LogP contribution in [0.15, 0.2) is 75.5 Å². The number of rotatable bonds is 5. The van der Waals surface area contributed by atoms with Crippen LogP contribution in [0, 0.1) is 0 Å². The Labute approximate surface area is 179 Å². The van der Waals surface area contributed by atoms with E-state index in [0.717, 1.165) is 27.1 Å². The van der Waals surface area contributed by atoms with Gasteiger partial charge in [0.1, 0.15) is 0 Å². The Morgan fingerprint density at radius 1 is 0.933 bits per heavy atom. The van der Waals surface area contributed by atoms with E-state index in [0.29, 0.717) is 37.6 Å². The Kier molecular flexibility index (Phi) is 5.16. The van der Waals surface area contributed by atoms with Gasteiger partial charge in [-0.05, 0) is 34.4 Å². The molecule has 1 saturated heterocycles. The van der Waals surface area contributed by atoms with Crippen molar-refractivity contribution in [3.63, 3.8) is 0 Å². The zero-order valence-corrected chi connectivity index (χ0v) is 17.9. The van der Waals surface area contributed by atoms with Gasteiger partial charge in [-0.1, -0.05) is 41.6 Å². The molecular weight excluding hydrogens is 418 g/mol. The second-order valence-electron chi connectivity index (χ2n) is 7.35. The minimum atomic E-state index is -3.50. The molecule has 1 aliphatic rings. The van der Waals surface area contributed by atoms with Gasteiger partial charge in [-0.25, -0.2) is 8.42 Å². The minimum Gasteiger partial charge on any atom is -0.355 e. The third kappa shape index (κ3) is 3.79. The van der Waals surface area contributed by atoms with Gasteiger partial charge < -0.3 is 4.52 Å². The molecular formula is C22H21N3O3S2. The van der Waals surface area contributed by atoms with Crippen LogP contribution in [-0.4, -0.2) is 49.0 Å². The summed E-state index contributed by atoms with van der Waals surface area (Å²) < 4.78 is 33.2. The molecule has 5 rings (SSSR count). The summed E-state index contributed by atoms with van der Waals surface area (Å²) in [5.74, 6) is 0.775. The maximum Gasteiger partial charge on any atom is 0.243 e.